The third-order valence-corrected chi connectivity index (χ3v) is 6.91. The van der Waals surface area contributed by atoms with Gasteiger partial charge in [0.05, 0.1) is 11.7 Å². The zero-order valence-electron chi connectivity index (χ0n) is 14.6. The molecule has 0 aliphatic heterocycles. The largest absolute Gasteiger partial charge is 0.390 e. The molecule has 3 aliphatic carbocycles. The van der Waals surface area contributed by atoms with E-state index in [4.69, 9.17) is 0 Å². The summed E-state index contributed by atoms with van der Waals surface area (Å²) < 4.78 is 0. The van der Waals surface area contributed by atoms with Crippen molar-refractivity contribution in [3.05, 3.63) is 23.8 Å². The number of aliphatic hydroxyl groups excluding tert-OH is 1. The van der Waals surface area contributed by atoms with Crippen molar-refractivity contribution in [3.63, 3.8) is 0 Å². The van der Waals surface area contributed by atoms with Crippen molar-refractivity contribution >= 4 is 0 Å². The van der Waals surface area contributed by atoms with Crippen LogP contribution in [-0.4, -0.2) is 21.9 Å². The fraction of sp³-hybridized carbons (Fsp3) is 0.800. The molecule has 2 N–H and O–H groups in total. The zero-order chi connectivity index (χ0) is 16.3. The summed E-state index contributed by atoms with van der Waals surface area (Å²) in [5.41, 5.74) is 2.17. The first-order valence-corrected chi connectivity index (χ1v) is 8.90. The Bertz CT molecular complexity index is 500. The van der Waals surface area contributed by atoms with Crippen LogP contribution in [0.3, 0.4) is 0 Å². The molecule has 0 saturated heterocycles. The number of aliphatic hydroxyl groups is 2. The quantitative estimate of drug-likeness (QED) is 0.771. The zero-order valence-corrected chi connectivity index (χ0v) is 14.6. The van der Waals surface area contributed by atoms with Gasteiger partial charge in [0.25, 0.3) is 0 Å². The second-order valence-electron chi connectivity index (χ2n) is 8.88. The lowest BCUT2D eigenvalue weighted by Crippen LogP contribution is -2.35. The van der Waals surface area contributed by atoms with Gasteiger partial charge in [-0.3, -0.25) is 0 Å². The van der Waals surface area contributed by atoms with Crippen LogP contribution in [0.5, 0.6) is 0 Å². The number of hydrogen-bond donors (Lipinski definition) is 2. The third-order valence-electron chi connectivity index (χ3n) is 6.91. The van der Waals surface area contributed by atoms with Crippen LogP contribution < -0.4 is 0 Å². The van der Waals surface area contributed by atoms with Gasteiger partial charge < -0.3 is 10.2 Å². The van der Waals surface area contributed by atoms with Crippen LogP contribution in [0, 0.1) is 29.1 Å². The van der Waals surface area contributed by atoms with E-state index in [0.29, 0.717) is 23.7 Å². The van der Waals surface area contributed by atoms with E-state index in [9.17, 15) is 10.2 Å². The molecule has 22 heavy (non-hydrogen) atoms. The first-order valence-electron chi connectivity index (χ1n) is 8.90. The fourth-order valence-corrected chi connectivity index (χ4v) is 5.90. The van der Waals surface area contributed by atoms with Crippen molar-refractivity contribution < 1.29 is 10.2 Å². The summed E-state index contributed by atoms with van der Waals surface area (Å²) in [6.07, 6.45) is 6.74. The topological polar surface area (TPSA) is 40.5 Å². The molecule has 2 heteroatoms. The number of allylic oxidation sites excluding steroid dienone is 2. The standard InChI is InChI=1S/C20H32O2/c1-12(2)10-14(21)11-19(4)16-7-6-13(3)15-8-9-20(5,22)17(15)18(16)19/h10,14-18,21-22H,3,6-9,11H2,1-2,4-5H3/t14-,15-,16+,17-,18-,19+,20+/m1/s1. The van der Waals surface area contributed by atoms with Crippen molar-refractivity contribution in [2.45, 2.75) is 71.5 Å². The second-order valence-corrected chi connectivity index (χ2v) is 8.88. The highest BCUT2D eigenvalue weighted by Gasteiger charge is 2.69. The second kappa shape index (κ2) is 5.21. The van der Waals surface area contributed by atoms with E-state index in [0.717, 1.165) is 25.7 Å². The Morgan fingerprint density at radius 1 is 1.32 bits per heavy atom. The van der Waals surface area contributed by atoms with Gasteiger partial charge >= 0.3 is 0 Å². The predicted molar refractivity (Wildman–Crippen MR) is 90.4 cm³/mol. The molecule has 3 aliphatic rings. The minimum absolute atomic E-state index is 0.184. The Morgan fingerprint density at radius 3 is 2.64 bits per heavy atom. The lowest BCUT2D eigenvalue weighted by Gasteiger charge is -2.32. The molecule has 3 saturated carbocycles. The van der Waals surface area contributed by atoms with E-state index in [1.165, 1.54) is 17.6 Å². The summed E-state index contributed by atoms with van der Waals surface area (Å²) >= 11 is 0. The monoisotopic (exact) mass is 304 g/mol. The fourth-order valence-electron chi connectivity index (χ4n) is 5.90. The molecule has 124 valence electrons. The van der Waals surface area contributed by atoms with Crippen LogP contribution in [0.2, 0.25) is 0 Å². The van der Waals surface area contributed by atoms with Crippen LogP contribution in [0.1, 0.15) is 59.8 Å². The molecule has 3 fully saturated rings. The first kappa shape index (κ1) is 16.3. The maximum atomic E-state index is 10.9. The van der Waals surface area contributed by atoms with Crippen molar-refractivity contribution in [2.24, 2.45) is 29.1 Å². The Morgan fingerprint density at radius 2 is 2.00 bits per heavy atom. The van der Waals surface area contributed by atoms with Gasteiger partial charge in [0.1, 0.15) is 0 Å². The average molecular weight is 304 g/mol. The Balaban J connectivity index is 1.83. The van der Waals surface area contributed by atoms with Gasteiger partial charge in [0.2, 0.25) is 0 Å². The van der Waals surface area contributed by atoms with Crippen LogP contribution in [0.25, 0.3) is 0 Å². The third kappa shape index (κ3) is 2.49. The normalized spacial score (nSPS) is 48.2. The van der Waals surface area contributed by atoms with Crippen LogP contribution in [0.4, 0.5) is 0 Å². The van der Waals surface area contributed by atoms with Crippen molar-refractivity contribution in [1.82, 2.24) is 0 Å². The van der Waals surface area contributed by atoms with E-state index in [1.54, 1.807) is 0 Å². The molecule has 0 aromatic rings. The van der Waals surface area contributed by atoms with Crippen molar-refractivity contribution in [2.75, 3.05) is 0 Å². The summed E-state index contributed by atoms with van der Waals surface area (Å²) in [6, 6.07) is 0. The summed E-state index contributed by atoms with van der Waals surface area (Å²) in [4.78, 5) is 0. The van der Waals surface area contributed by atoms with Gasteiger partial charge in [-0.1, -0.05) is 30.7 Å². The van der Waals surface area contributed by atoms with Gasteiger partial charge in [-0.25, -0.2) is 0 Å². The van der Waals surface area contributed by atoms with Crippen LogP contribution in [0.15, 0.2) is 23.8 Å². The van der Waals surface area contributed by atoms with Crippen molar-refractivity contribution in [3.8, 4) is 0 Å². The maximum absolute atomic E-state index is 10.9. The number of rotatable bonds is 3. The molecule has 0 spiro atoms. The molecule has 0 aromatic heterocycles. The summed E-state index contributed by atoms with van der Waals surface area (Å²) in [5, 5.41) is 21.3. The molecule has 0 unspecified atom stereocenters. The highest BCUT2D eigenvalue weighted by atomic mass is 16.3. The summed E-state index contributed by atoms with van der Waals surface area (Å²) in [5.74, 6) is 2.03. The molecule has 0 amide bonds. The molecular formula is C20H32O2. The first-order chi connectivity index (χ1) is 10.2. The maximum Gasteiger partial charge on any atom is 0.0728 e. The minimum atomic E-state index is -0.555. The molecule has 2 nitrogen and oxygen atoms in total. The van der Waals surface area contributed by atoms with Gasteiger partial charge in [-0.2, -0.15) is 0 Å². The Hall–Kier alpha value is -0.600. The van der Waals surface area contributed by atoms with Crippen molar-refractivity contribution in [1.29, 1.82) is 0 Å². The molecule has 0 bridgehead atoms. The predicted octanol–water partition coefficient (Wildman–Crippen LogP) is 4.08. The smallest absolute Gasteiger partial charge is 0.0728 e. The summed E-state index contributed by atoms with van der Waals surface area (Å²) in [6.45, 7) is 12.8. The lowest BCUT2D eigenvalue weighted by atomic mass is 9.76. The Labute approximate surface area is 135 Å². The van der Waals surface area contributed by atoms with E-state index >= 15 is 0 Å². The SMILES string of the molecule is C=C1CC[C@H]2[C@H]([C@H]3[C@@H]1CC[C@]3(C)O)[C@@]2(C)C[C@H](O)C=C(C)C. The lowest BCUT2D eigenvalue weighted by molar-refractivity contribution is -0.00373. The van der Waals surface area contributed by atoms with Gasteiger partial charge in [-0.05, 0) is 82.0 Å². The summed E-state index contributed by atoms with van der Waals surface area (Å²) in [7, 11) is 0. The number of fused-ring (bicyclic) bond motifs is 3. The van der Waals surface area contributed by atoms with E-state index in [2.05, 4.69) is 13.5 Å². The molecular weight excluding hydrogens is 272 g/mol. The van der Waals surface area contributed by atoms with E-state index in [-0.39, 0.29) is 11.5 Å². The molecule has 0 heterocycles. The Kier molecular flexibility index (Phi) is 3.85. The van der Waals surface area contributed by atoms with Crippen LogP contribution in [-0.2, 0) is 0 Å². The van der Waals surface area contributed by atoms with Gasteiger partial charge in [0.15, 0.2) is 0 Å². The molecule has 0 aromatic carbocycles. The highest BCUT2D eigenvalue weighted by Crippen LogP contribution is 2.73. The highest BCUT2D eigenvalue weighted by molar-refractivity contribution is 5.24. The van der Waals surface area contributed by atoms with E-state index < -0.39 is 5.60 Å². The molecule has 3 rings (SSSR count). The molecule has 7 atom stereocenters. The van der Waals surface area contributed by atoms with E-state index in [1.807, 2.05) is 26.8 Å². The van der Waals surface area contributed by atoms with Gasteiger partial charge in [-0.15, -0.1) is 0 Å². The van der Waals surface area contributed by atoms with Gasteiger partial charge in [0, 0.05) is 0 Å². The van der Waals surface area contributed by atoms with Crippen LogP contribution >= 0.6 is 0 Å². The average Bonchev–Trinajstić information content (AvgIpc) is 2.84. The molecule has 0 radical (unpaired) electrons. The number of hydrogen-bond acceptors (Lipinski definition) is 2. The minimum Gasteiger partial charge on any atom is -0.390 e.